The van der Waals surface area contributed by atoms with Crippen LogP contribution in [0.2, 0.25) is 0 Å². The van der Waals surface area contributed by atoms with Crippen LogP contribution in [0.25, 0.3) is 0 Å². The van der Waals surface area contributed by atoms with Crippen molar-refractivity contribution in [2.75, 3.05) is 7.11 Å². The summed E-state index contributed by atoms with van der Waals surface area (Å²) in [4.78, 5) is 23.8. The number of carbonyl (C=O) groups excluding carboxylic acids is 1. The lowest BCUT2D eigenvalue weighted by Gasteiger charge is -2.04. The summed E-state index contributed by atoms with van der Waals surface area (Å²) >= 11 is 0. The van der Waals surface area contributed by atoms with Crippen molar-refractivity contribution < 1.29 is 9.53 Å². The third-order valence-corrected chi connectivity index (χ3v) is 2.24. The number of hydrogen-bond donors (Lipinski definition) is 0. The molecule has 0 spiro atoms. The second-order valence-corrected chi connectivity index (χ2v) is 3.37. The van der Waals surface area contributed by atoms with Gasteiger partial charge in [-0.1, -0.05) is 0 Å². The summed E-state index contributed by atoms with van der Waals surface area (Å²) in [5, 5.41) is 0. The molecule has 0 amide bonds. The molecule has 0 N–H and O–H groups in total. The number of pyridine rings is 1. The number of Topliss-reactive ketones (excluding diaryl/α,β-unsaturated/α-hetero) is 1. The van der Waals surface area contributed by atoms with Crippen LogP contribution in [0.15, 0.2) is 36.9 Å². The standard InChI is InChI=1S/C12H11N3O2/c1-17-12-11(14-6-7-15-12)10(16)8-9-2-4-13-5-3-9/h2-7H,8H2,1H3. The zero-order chi connectivity index (χ0) is 12.1. The molecule has 2 heterocycles. The van der Waals surface area contributed by atoms with E-state index in [2.05, 4.69) is 15.0 Å². The van der Waals surface area contributed by atoms with Crippen LogP contribution < -0.4 is 4.74 Å². The van der Waals surface area contributed by atoms with Crippen molar-refractivity contribution in [3.8, 4) is 5.88 Å². The smallest absolute Gasteiger partial charge is 0.243 e. The monoisotopic (exact) mass is 229 g/mol. The van der Waals surface area contributed by atoms with E-state index in [4.69, 9.17) is 4.74 Å². The summed E-state index contributed by atoms with van der Waals surface area (Å²) in [6, 6.07) is 3.58. The van der Waals surface area contributed by atoms with E-state index in [-0.39, 0.29) is 23.8 Å². The van der Waals surface area contributed by atoms with Crippen LogP contribution in [0, 0.1) is 0 Å². The Balaban J connectivity index is 2.20. The van der Waals surface area contributed by atoms with E-state index in [0.29, 0.717) is 0 Å². The van der Waals surface area contributed by atoms with Crippen molar-refractivity contribution in [2.45, 2.75) is 6.42 Å². The highest BCUT2D eigenvalue weighted by Gasteiger charge is 2.14. The van der Waals surface area contributed by atoms with Crippen molar-refractivity contribution in [3.05, 3.63) is 48.2 Å². The molecule has 0 bridgehead atoms. The Morgan fingerprint density at radius 1 is 1.18 bits per heavy atom. The Morgan fingerprint density at radius 2 is 1.88 bits per heavy atom. The van der Waals surface area contributed by atoms with E-state index in [0.717, 1.165) is 5.56 Å². The average molecular weight is 229 g/mol. The third kappa shape index (κ3) is 2.63. The molecule has 0 aromatic carbocycles. The van der Waals surface area contributed by atoms with Gasteiger partial charge in [0.1, 0.15) is 0 Å². The summed E-state index contributed by atoms with van der Waals surface area (Å²) in [6.07, 6.45) is 6.52. The third-order valence-electron chi connectivity index (χ3n) is 2.24. The molecule has 0 unspecified atom stereocenters. The number of ketones is 1. The predicted molar refractivity (Wildman–Crippen MR) is 60.9 cm³/mol. The van der Waals surface area contributed by atoms with E-state index in [9.17, 15) is 4.79 Å². The van der Waals surface area contributed by atoms with Crippen LogP contribution in [0.3, 0.4) is 0 Å². The Bertz CT molecular complexity index is 514. The molecule has 86 valence electrons. The lowest BCUT2D eigenvalue weighted by Crippen LogP contribution is -2.09. The number of carbonyl (C=O) groups is 1. The fourth-order valence-corrected chi connectivity index (χ4v) is 1.44. The molecule has 5 heteroatoms. The summed E-state index contributed by atoms with van der Waals surface area (Å²) < 4.78 is 5.00. The topological polar surface area (TPSA) is 65.0 Å². The molecular weight excluding hydrogens is 218 g/mol. The number of hydrogen-bond acceptors (Lipinski definition) is 5. The number of ether oxygens (including phenoxy) is 1. The minimum atomic E-state index is -0.124. The van der Waals surface area contributed by atoms with E-state index in [1.807, 2.05) is 0 Å². The van der Waals surface area contributed by atoms with Gasteiger partial charge >= 0.3 is 0 Å². The maximum absolute atomic E-state index is 12.0. The molecule has 0 atom stereocenters. The van der Waals surface area contributed by atoms with Crippen LogP contribution >= 0.6 is 0 Å². The van der Waals surface area contributed by atoms with Crippen LogP contribution in [0.5, 0.6) is 5.88 Å². The quantitative estimate of drug-likeness (QED) is 0.739. The van der Waals surface area contributed by atoms with Gasteiger partial charge in [0, 0.05) is 31.2 Å². The van der Waals surface area contributed by atoms with E-state index in [1.165, 1.54) is 19.5 Å². The van der Waals surface area contributed by atoms with Gasteiger partial charge in [-0.2, -0.15) is 0 Å². The van der Waals surface area contributed by atoms with Crippen molar-refractivity contribution in [2.24, 2.45) is 0 Å². The molecule has 0 fully saturated rings. The first-order valence-corrected chi connectivity index (χ1v) is 5.08. The van der Waals surface area contributed by atoms with Crippen molar-refractivity contribution >= 4 is 5.78 Å². The Hall–Kier alpha value is -2.30. The molecule has 2 aromatic heterocycles. The number of rotatable bonds is 4. The number of aromatic nitrogens is 3. The highest BCUT2D eigenvalue weighted by atomic mass is 16.5. The van der Waals surface area contributed by atoms with Gasteiger partial charge < -0.3 is 4.74 Å². The van der Waals surface area contributed by atoms with Gasteiger partial charge in [0.05, 0.1) is 7.11 Å². The first-order chi connectivity index (χ1) is 8.31. The number of nitrogens with zero attached hydrogens (tertiary/aromatic N) is 3. The van der Waals surface area contributed by atoms with Gasteiger partial charge in [-0.25, -0.2) is 9.97 Å². The van der Waals surface area contributed by atoms with Crippen molar-refractivity contribution in [3.63, 3.8) is 0 Å². The maximum atomic E-state index is 12.0. The first kappa shape index (κ1) is 11.2. The molecule has 2 rings (SSSR count). The molecule has 2 aromatic rings. The summed E-state index contributed by atoms with van der Waals surface area (Å²) in [5.41, 5.74) is 1.14. The molecule has 0 aliphatic heterocycles. The van der Waals surface area contributed by atoms with Gasteiger partial charge in [0.25, 0.3) is 0 Å². The molecule has 0 aliphatic carbocycles. The SMILES string of the molecule is COc1nccnc1C(=O)Cc1ccncc1. The van der Waals surface area contributed by atoms with Gasteiger partial charge in [0.2, 0.25) is 5.88 Å². The van der Waals surface area contributed by atoms with Crippen molar-refractivity contribution in [1.82, 2.24) is 15.0 Å². The van der Waals surface area contributed by atoms with Crippen LogP contribution in [0.1, 0.15) is 16.1 Å². The normalized spacial score (nSPS) is 9.94. The lowest BCUT2D eigenvalue weighted by atomic mass is 10.1. The molecule has 0 saturated carbocycles. The average Bonchev–Trinajstić information content (AvgIpc) is 2.40. The minimum Gasteiger partial charge on any atom is -0.479 e. The summed E-state index contributed by atoms with van der Waals surface area (Å²) in [5.74, 6) is 0.132. The fraction of sp³-hybridized carbons (Fsp3) is 0.167. The van der Waals surface area contributed by atoms with Gasteiger partial charge in [-0.3, -0.25) is 9.78 Å². The maximum Gasteiger partial charge on any atom is 0.243 e. The molecule has 0 saturated heterocycles. The zero-order valence-electron chi connectivity index (χ0n) is 9.33. The van der Waals surface area contributed by atoms with Crippen LogP contribution in [0.4, 0.5) is 0 Å². The molecule has 0 aliphatic rings. The Morgan fingerprint density at radius 3 is 2.59 bits per heavy atom. The van der Waals surface area contributed by atoms with Gasteiger partial charge in [0.15, 0.2) is 11.5 Å². The second-order valence-electron chi connectivity index (χ2n) is 3.37. The van der Waals surface area contributed by atoms with Gasteiger partial charge in [-0.05, 0) is 17.7 Å². The predicted octanol–water partition coefficient (Wildman–Crippen LogP) is 1.31. The lowest BCUT2D eigenvalue weighted by molar-refractivity contribution is 0.0984. The summed E-state index contributed by atoms with van der Waals surface area (Å²) in [7, 11) is 1.47. The van der Waals surface area contributed by atoms with Gasteiger partial charge in [-0.15, -0.1) is 0 Å². The highest BCUT2D eigenvalue weighted by molar-refractivity contribution is 5.97. The fourth-order valence-electron chi connectivity index (χ4n) is 1.44. The van der Waals surface area contributed by atoms with Crippen molar-refractivity contribution in [1.29, 1.82) is 0 Å². The van der Waals surface area contributed by atoms with E-state index >= 15 is 0 Å². The highest BCUT2D eigenvalue weighted by Crippen LogP contribution is 2.13. The number of methoxy groups -OCH3 is 1. The van der Waals surface area contributed by atoms with Crippen LogP contribution in [-0.4, -0.2) is 27.8 Å². The van der Waals surface area contributed by atoms with E-state index < -0.39 is 0 Å². The second kappa shape index (κ2) is 5.16. The molecular formula is C12H11N3O2. The van der Waals surface area contributed by atoms with Crippen LogP contribution in [-0.2, 0) is 6.42 Å². The first-order valence-electron chi connectivity index (χ1n) is 5.08. The molecule has 17 heavy (non-hydrogen) atoms. The molecule has 0 radical (unpaired) electrons. The Labute approximate surface area is 98.5 Å². The Kier molecular flexibility index (Phi) is 3.40. The minimum absolute atomic E-state index is 0.124. The summed E-state index contributed by atoms with van der Waals surface area (Å²) in [6.45, 7) is 0. The zero-order valence-corrected chi connectivity index (χ0v) is 9.33. The largest absolute Gasteiger partial charge is 0.479 e. The van der Waals surface area contributed by atoms with E-state index in [1.54, 1.807) is 24.5 Å². The molecule has 5 nitrogen and oxygen atoms in total.